The summed E-state index contributed by atoms with van der Waals surface area (Å²) in [6, 6.07) is 9.35. The molecular weight excluding hydrogens is 344 g/mol. The van der Waals surface area contributed by atoms with Gasteiger partial charge in [-0.3, -0.25) is 4.79 Å². The molecular formula is C19H22N6O2. The third kappa shape index (κ3) is 3.34. The van der Waals surface area contributed by atoms with Crippen LogP contribution < -0.4 is 5.01 Å². The molecule has 0 amide bonds. The van der Waals surface area contributed by atoms with Crippen molar-refractivity contribution in [3.05, 3.63) is 42.7 Å². The molecule has 0 spiro atoms. The van der Waals surface area contributed by atoms with E-state index >= 15 is 0 Å². The number of esters is 1. The first-order valence-electron chi connectivity index (χ1n) is 9.33. The van der Waals surface area contributed by atoms with Crippen molar-refractivity contribution in [2.45, 2.75) is 38.6 Å². The molecule has 2 unspecified atom stereocenters. The average molecular weight is 366 g/mol. The first-order valence-corrected chi connectivity index (χ1v) is 9.33. The second-order valence-corrected chi connectivity index (χ2v) is 6.57. The molecule has 2 atom stereocenters. The van der Waals surface area contributed by atoms with Crippen LogP contribution >= 0.6 is 0 Å². The Morgan fingerprint density at radius 2 is 1.96 bits per heavy atom. The van der Waals surface area contributed by atoms with Gasteiger partial charge in [0.1, 0.15) is 11.0 Å². The highest BCUT2D eigenvalue weighted by molar-refractivity contribution is 5.76. The number of aromatic nitrogens is 5. The summed E-state index contributed by atoms with van der Waals surface area (Å²) in [6.07, 6.45) is 7.01. The lowest BCUT2D eigenvalue weighted by Crippen LogP contribution is -2.49. The van der Waals surface area contributed by atoms with E-state index in [1.807, 2.05) is 36.2 Å². The fourth-order valence-electron chi connectivity index (χ4n) is 3.73. The monoisotopic (exact) mass is 366 g/mol. The molecule has 8 heteroatoms. The molecule has 1 aliphatic rings. The highest BCUT2D eigenvalue weighted by Gasteiger charge is 2.39. The van der Waals surface area contributed by atoms with Gasteiger partial charge in [-0.25, -0.2) is 15.0 Å². The molecule has 2 aromatic heterocycles. The van der Waals surface area contributed by atoms with Gasteiger partial charge < -0.3 is 4.74 Å². The van der Waals surface area contributed by atoms with Gasteiger partial charge in [-0.2, -0.15) is 0 Å². The summed E-state index contributed by atoms with van der Waals surface area (Å²) >= 11 is 0. The van der Waals surface area contributed by atoms with E-state index in [0.717, 1.165) is 36.7 Å². The number of carbonyl (C=O) groups is 1. The molecule has 0 bridgehead atoms. The van der Waals surface area contributed by atoms with E-state index in [9.17, 15) is 4.79 Å². The van der Waals surface area contributed by atoms with Crippen LogP contribution in [0.25, 0.3) is 11.0 Å². The Hall–Kier alpha value is -3.03. The van der Waals surface area contributed by atoms with Gasteiger partial charge in [-0.15, -0.1) is 9.89 Å². The first kappa shape index (κ1) is 17.4. The lowest BCUT2D eigenvalue weighted by molar-refractivity contribution is -0.149. The van der Waals surface area contributed by atoms with Gasteiger partial charge in [0.15, 0.2) is 0 Å². The quantitative estimate of drug-likeness (QED) is 0.642. The minimum atomic E-state index is -0.259. The van der Waals surface area contributed by atoms with Crippen molar-refractivity contribution in [3.63, 3.8) is 0 Å². The molecule has 1 fully saturated rings. The van der Waals surface area contributed by atoms with E-state index in [1.54, 1.807) is 23.3 Å². The summed E-state index contributed by atoms with van der Waals surface area (Å²) in [4.78, 5) is 23.2. The van der Waals surface area contributed by atoms with E-state index in [0.29, 0.717) is 12.6 Å². The molecule has 8 nitrogen and oxygen atoms in total. The van der Waals surface area contributed by atoms with Gasteiger partial charge in [0, 0.05) is 12.4 Å². The number of para-hydroxylation sites is 1. The Bertz CT molecular complexity index is 913. The number of anilines is 1. The van der Waals surface area contributed by atoms with Gasteiger partial charge in [-0.05, 0) is 43.2 Å². The standard InChI is InChI=1S/C19H22N6O2/c1-2-27-18(26)14-8-3-5-10-16(14)24(19-20-12-7-13-21-19)25-17-11-6-4-9-15(17)22-23-25/h4,6-7,9,11-14,16H,2-3,5,8,10H2,1H3. The van der Waals surface area contributed by atoms with Crippen molar-refractivity contribution in [1.82, 2.24) is 25.1 Å². The summed E-state index contributed by atoms with van der Waals surface area (Å²) in [5.41, 5.74) is 1.63. The molecule has 0 aliphatic heterocycles. The van der Waals surface area contributed by atoms with Crippen LogP contribution in [0.1, 0.15) is 32.6 Å². The van der Waals surface area contributed by atoms with Crippen LogP contribution in [0, 0.1) is 5.92 Å². The SMILES string of the molecule is CCOC(=O)C1CCCCC1N(c1ncccn1)n1nnc2ccccc21. The Labute approximate surface area is 157 Å². The molecule has 0 saturated heterocycles. The zero-order valence-electron chi connectivity index (χ0n) is 15.2. The highest BCUT2D eigenvalue weighted by Crippen LogP contribution is 2.32. The zero-order valence-corrected chi connectivity index (χ0v) is 15.2. The predicted octanol–water partition coefficient (Wildman–Crippen LogP) is 2.61. The van der Waals surface area contributed by atoms with Crippen molar-refractivity contribution in [1.29, 1.82) is 0 Å². The van der Waals surface area contributed by atoms with E-state index in [4.69, 9.17) is 4.74 Å². The summed E-state index contributed by atoms with van der Waals surface area (Å²) in [6.45, 7) is 2.20. The van der Waals surface area contributed by atoms with Crippen molar-refractivity contribution < 1.29 is 9.53 Å². The Kier molecular flexibility index (Phi) is 4.95. The van der Waals surface area contributed by atoms with Crippen LogP contribution in [0.2, 0.25) is 0 Å². The lowest BCUT2D eigenvalue weighted by Gasteiger charge is -2.37. The predicted molar refractivity (Wildman–Crippen MR) is 99.8 cm³/mol. The number of hydrogen-bond acceptors (Lipinski definition) is 7. The molecule has 4 rings (SSSR count). The van der Waals surface area contributed by atoms with Crippen molar-refractivity contribution in [2.75, 3.05) is 11.6 Å². The van der Waals surface area contributed by atoms with Gasteiger partial charge in [0.2, 0.25) is 5.95 Å². The normalized spacial score (nSPS) is 19.7. The number of fused-ring (bicyclic) bond motifs is 1. The van der Waals surface area contributed by atoms with Gasteiger partial charge in [0.05, 0.1) is 18.6 Å². The third-order valence-corrected chi connectivity index (χ3v) is 4.93. The van der Waals surface area contributed by atoms with Crippen LogP contribution in [0.4, 0.5) is 5.95 Å². The topological polar surface area (TPSA) is 86.0 Å². The van der Waals surface area contributed by atoms with E-state index in [-0.39, 0.29) is 17.9 Å². The van der Waals surface area contributed by atoms with Crippen molar-refractivity contribution >= 4 is 23.0 Å². The molecule has 0 N–H and O–H groups in total. The number of carbonyl (C=O) groups excluding carboxylic acids is 1. The van der Waals surface area contributed by atoms with Crippen LogP contribution in [0.5, 0.6) is 0 Å². The lowest BCUT2D eigenvalue weighted by atomic mass is 9.84. The number of nitrogens with zero attached hydrogens (tertiary/aromatic N) is 6. The van der Waals surface area contributed by atoms with Gasteiger partial charge in [0.25, 0.3) is 0 Å². The summed E-state index contributed by atoms with van der Waals surface area (Å²) < 4.78 is 5.35. The Morgan fingerprint density at radius 3 is 2.78 bits per heavy atom. The fourth-order valence-corrected chi connectivity index (χ4v) is 3.73. The van der Waals surface area contributed by atoms with Crippen LogP contribution in [0.15, 0.2) is 42.7 Å². The van der Waals surface area contributed by atoms with Crippen LogP contribution in [-0.4, -0.2) is 43.7 Å². The molecule has 27 heavy (non-hydrogen) atoms. The maximum atomic E-state index is 12.6. The number of hydrogen-bond donors (Lipinski definition) is 0. The minimum absolute atomic E-state index is 0.148. The molecule has 3 aromatic rings. The summed E-state index contributed by atoms with van der Waals surface area (Å²) in [5.74, 6) is 0.0624. The largest absolute Gasteiger partial charge is 0.466 e. The van der Waals surface area contributed by atoms with Gasteiger partial charge >= 0.3 is 5.97 Å². The summed E-state index contributed by atoms with van der Waals surface area (Å²) in [7, 11) is 0. The Morgan fingerprint density at radius 1 is 1.19 bits per heavy atom. The molecule has 1 aromatic carbocycles. The molecule has 1 aliphatic carbocycles. The van der Waals surface area contributed by atoms with Crippen molar-refractivity contribution in [2.24, 2.45) is 5.92 Å². The van der Waals surface area contributed by atoms with E-state index in [2.05, 4.69) is 20.3 Å². The zero-order chi connectivity index (χ0) is 18.6. The number of ether oxygens (including phenoxy) is 1. The third-order valence-electron chi connectivity index (χ3n) is 4.93. The number of rotatable bonds is 5. The maximum Gasteiger partial charge on any atom is 0.311 e. The van der Waals surface area contributed by atoms with E-state index in [1.165, 1.54) is 0 Å². The van der Waals surface area contributed by atoms with E-state index < -0.39 is 0 Å². The highest BCUT2D eigenvalue weighted by atomic mass is 16.5. The molecule has 0 radical (unpaired) electrons. The Balaban J connectivity index is 1.81. The smallest absolute Gasteiger partial charge is 0.311 e. The minimum Gasteiger partial charge on any atom is -0.466 e. The van der Waals surface area contributed by atoms with Crippen LogP contribution in [-0.2, 0) is 9.53 Å². The molecule has 140 valence electrons. The average Bonchev–Trinajstić information content (AvgIpc) is 3.14. The maximum absolute atomic E-state index is 12.6. The van der Waals surface area contributed by atoms with Crippen molar-refractivity contribution in [3.8, 4) is 0 Å². The second kappa shape index (κ2) is 7.69. The summed E-state index contributed by atoms with van der Waals surface area (Å²) in [5, 5.41) is 10.5. The molecule has 2 heterocycles. The van der Waals surface area contributed by atoms with Gasteiger partial charge in [-0.1, -0.05) is 25.0 Å². The first-order chi connectivity index (χ1) is 13.3. The number of benzene rings is 1. The van der Waals surface area contributed by atoms with Crippen LogP contribution in [0.3, 0.4) is 0 Å². The second-order valence-electron chi connectivity index (χ2n) is 6.57. The fraction of sp³-hybridized carbons (Fsp3) is 0.421. The molecule has 1 saturated carbocycles.